The molecule has 0 unspecified atom stereocenters. The van der Waals surface area contributed by atoms with Crippen molar-refractivity contribution in [3.05, 3.63) is 64.9 Å². The first-order valence-corrected chi connectivity index (χ1v) is 9.12. The molecule has 0 aromatic heterocycles. The number of esters is 1. The molecule has 2 aromatic carbocycles. The molecule has 5 nitrogen and oxygen atoms in total. The van der Waals surface area contributed by atoms with Crippen LogP contribution in [0, 0.1) is 0 Å². The summed E-state index contributed by atoms with van der Waals surface area (Å²) in [4.78, 5) is 24.1. The van der Waals surface area contributed by atoms with Crippen molar-refractivity contribution in [1.29, 1.82) is 0 Å². The highest BCUT2D eigenvalue weighted by Crippen LogP contribution is 2.35. The van der Waals surface area contributed by atoms with Gasteiger partial charge in [-0.1, -0.05) is 45.0 Å². The van der Waals surface area contributed by atoms with Gasteiger partial charge < -0.3 is 14.2 Å². The van der Waals surface area contributed by atoms with Crippen LogP contribution in [0.4, 0.5) is 0 Å². The van der Waals surface area contributed by atoms with Crippen LogP contribution in [0.1, 0.15) is 49.2 Å². The Morgan fingerprint density at radius 3 is 2.39 bits per heavy atom. The minimum Gasteiger partial charge on any atom is -0.479 e. The molecule has 1 aliphatic heterocycles. The summed E-state index contributed by atoms with van der Waals surface area (Å²) < 4.78 is 15.9. The maximum Gasteiger partial charge on any atom is 0.346 e. The third-order valence-corrected chi connectivity index (χ3v) is 4.56. The molecule has 1 atom stereocenters. The number of rotatable bonds is 4. The second-order valence-corrected chi connectivity index (χ2v) is 7.75. The number of carbonyl (C=O) groups is 2. The zero-order valence-electron chi connectivity index (χ0n) is 16.7. The van der Waals surface area contributed by atoms with E-state index in [0.717, 1.165) is 5.56 Å². The fourth-order valence-electron chi connectivity index (χ4n) is 2.89. The van der Waals surface area contributed by atoms with Crippen molar-refractivity contribution in [3.63, 3.8) is 0 Å². The molecule has 3 rings (SSSR count). The maximum atomic E-state index is 12.6. The van der Waals surface area contributed by atoms with Gasteiger partial charge in [-0.3, -0.25) is 4.79 Å². The number of allylic oxidation sites excluding steroid dienone is 1. The van der Waals surface area contributed by atoms with Gasteiger partial charge in [-0.15, -0.1) is 0 Å². The normalized spacial score (nSPS) is 15.8. The molecule has 0 amide bonds. The van der Waals surface area contributed by atoms with Crippen LogP contribution >= 0.6 is 0 Å². The van der Waals surface area contributed by atoms with Crippen molar-refractivity contribution in [3.8, 4) is 11.5 Å². The second-order valence-electron chi connectivity index (χ2n) is 7.75. The first-order valence-electron chi connectivity index (χ1n) is 9.12. The number of methoxy groups -OCH3 is 1. The Bertz CT molecular complexity index is 932. The molecule has 0 bridgehead atoms. The Kier molecular flexibility index (Phi) is 5.27. The lowest BCUT2D eigenvalue weighted by Gasteiger charge is -2.18. The van der Waals surface area contributed by atoms with Crippen LogP contribution in [0.25, 0.3) is 6.08 Å². The number of hydrogen-bond acceptors (Lipinski definition) is 5. The average molecular weight is 380 g/mol. The summed E-state index contributed by atoms with van der Waals surface area (Å²) in [6.45, 7) is 8.06. The van der Waals surface area contributed by atoms with Gasteiger partial charge in [-0.05, 0) is 41.7 Å². The van der Waals surface area contributed by atoms with E-state index in [1.165, 1.54) is 12.7 Å². The van der Waals surface area contributed by atoms with E-state index >= 15 is 0 Å². The first kappa shape index (κ1) is 19.7. The molecule has 0 aliphatic carbocycles. The Labute approximate surface area is 164 Å². The Balaban J connectivity index is 1.79. The van der Waals surface area contributed by atoms with Gasteiger partial charge in [0, 0.05) is 6.07 Å². The summed E-state index contributed by atoms with van der Waals surface area (Å²) in [6, 6.07) is 12.9. The zero-order valence-corrected chi connectivity index (χ0v) is 16.7. The minimum absolute atomic E-state index is 0.0688. The zero-order chi connectivity index (χ0) is 20.5. The topological polar surface area (TPSA) is 61.8 Å². The van der Waals surface area contributed by atoms with Crippen LogP contribution in [0.15, 0.2) is 48.2 Å². The lowest BCUT2D eigenvalue weighted by molar-refractivity contribution is -0.147. The van der Waals surface area contributed by atoms with Crippen molar-refractivity contribution >= 4 is 17.8 Å². The highest BCUT2D eigenvalue weighted by molar-refractivity contribution is 6.14. The van der Waals surface area contributed by atoms with Crippen molar-refractivity contribution in [1.82, 2.24) is 0 Å². The summed E-state index contributed by atoms with van der Waals surface area (Å²) >= 11 is 0. The molecule has 1 aliphatic rings. The molecule has 1 heterocycles. The van der Waals surface area contributed by atoms with Crippen LogP contribution in [-0.4, -0.2) is 25.0 Å². The van der Waals surface area contributed by atoms with Gasteiger partial charge in [0.05, 0.1) is 12.7 Å². The number of ketones is 1. The van der Waals surface area contributed by atoms with Crippen LogP contribution in [-0.2, 0) is 14.9 Å². The number of benzene rings is 2. The van der Waals surface area contributed by atoms with Gasteiger partial charge in [0.1, 0.15) is 11.5 Å². The molecule has 0 N–H and O–H groups in total. The standard InChI is InChI=1S/C23H24O5/c1-14(22(25)26-5)27-17-10-11-18-19(13-17)28-20(21(18)24)12-15-6-8-16(9-7-15)23(2,3)4/h6-14H,1-5H3/t14-/m1/s1. The highest BCUT2D eigenvalue weighted by Gasteiger charge is 2.28. The SMILES string of the molecule is COC(=O)[C@@H](C)Oc1ccc2c(c1)OC(=Cc1ccc(C(C)(C)C)cc1)C2=O. The summed E-state index contributed by atoms with van der Waals surface area (Å²) in [6.07, 6.45) is 0.975. The lowest BCUT2D eigenvalue weighted by atomic mass is 9.86. The fourth-order valence-corrected chi connectivity index (χ4v) is 2.89. The molecule has 0 saturated heterocycles. The van der Waals surface area contributed by atoms with E-state index < -0.39 is 12.1 Å². The molecule has 0 fully saturated rings. The molecular weight excluding hydrogens is 356 g/mol. The van der Waals surface area contributed by atoms with Crippen LogP contribution in [0.5, 0.6) is 11.5 Å². The molecule has 0 spiro atoms. The van der Waals surface area contributed by atoms with E-state index in [4.69, 9.17) is 9.47 Å². The molecular formula is C23H24O5. The van der Waals surface area contributed by atoms with Crippen molar-refractivity contribution in [2.45, 2.75) is 39.2 Å². The first-order chi connectivity index (χ1) is 13.2. The van der Waals surface area contributed by atoms with Gasteiger partial charge in [-0.2, -0.15) is 0 Å². The predicted octanol–water partition coefficient (Wildman–Crippen LogP) is 4.54. The second kappa shape index (κ2) is 7.50. The van der Waals surface area contributed by atoms with Crippen LogP contribution in [0.2, 0.25) is 0 Å². The van der Waals surface area contributed by atoms with Gasteiger partial charge in [0.25, 0.3) is 0 Å². The number of carbonyl (C=O) groups excluding carboxylic acids is 2. The Morgan fingerprint density at radius 2 is 1.79 bits per heavy atom. The molecule has 0 saturated carbocycles. The summed E-state index contributed by atoms with van der Waals surface area (Å²) in [5, 5.41) is 0. The number of Topliss-reactive ketones (excluding diaryl/α,β-unsaturated/α-hetero) is 1. The van der Waals surface area contributed by atoms with E-state index in [-0.39, 0.29) is 17.0 Å². The van der Waals surface area contributed by atoms with Gasteiger partial charge in [-0.25, -0.2) is 4.79 Å². The Morgan fingerprint density at radius 1 is 1.11 bits per heavy atom. The highest BCUT2D eigenvalue weighted by atomic mass is 16.6. The molecule has 5 heteroatoms. The summed E-state index contributed by atoms with van der Waals surface area (Å²) in [5.41, 5.74) is 2.65. The number of hydrogen-bond donors (Lipinski definition) is 0. The van der Waals surface area contributed by atoms with Crippen LogP contribution in [0.3, 0.4) is 0 Å². The largest absolute Gasteiger partial charge is 0.479 e. The van der Waals surface area contributed by atoms with Gasteiger partial charge >= 0.3 is 5.97 Å². The minimum atomic E-state index is -0.753. The van der Waals surface area contributed by atoms with E-state index in [1.54, 1.807) is 31.2 Å². The van der Waals surface area contributed by atoms with E-state index in [2.05, 4.69) is 37.6 Å². The molecule has 28 heavy (non-hydrogen) atoms. The third-order valence-electron chi connectivity index (χ3n) is 4.56. The van der Waals surface area contributed by atoms with E-state index in [9.17, 15) is 9.59 Å². The van der Waals surface area contributed by atoms with E-state index in [0.29, 0.717) is 17.1 Å². The molecule has 0 radical (unpaired) electrons. The van der Waals surface area contributed by atoms with Crippen LogP contribution < -0.4 is 9.47 Å². The smallest absolute Gasteiger partial charge is 0.346 e. The molecule has 2 aromatic rings. The monoisotopic (exact) mass is 380 g/mol. The quantitative estimate of drug-likeness (QED) is 0.576. The molecule has 146 valence electrons. The lowest BCUT2D eigenvalue weighted by Crippen LogP contribution is -2.24. The summed E-state index contributed by atoms with van der Waals surface area (Å²) in [5.74, 6) is 0.452. The van der Waals surface area contributed by atoms with Gasteiger partial charge in [0.15, 0.2) is 11.9 Å². The summed E-state index contributed by atoms with van der Waals surface area (Å²) in [7, 11) is 1.30. The van der Waals surface area contributed by atoms with Crippen molar-refractivity contribution in [2.24, 2.45) is 0 Å². The number of fused-ring (bicyclic) bond motifs is 1. The fraction of sp³-hybridized carbons (Fsp3) is 0.304. The number of ether oxygens (including phenoxy) is 3. The van der Waals surface area contributed by atoms with E-state index in [1.807, 2.05) is 12.1 Å². The third kappa shape index (κ3) is 4.09. The van der Waals surface area contributed by atoms with Crippen molar-refractivity contribution < 1.29 is 23.8 Å². The maximum absolute atomic E-state index is 12.6. The Hall–Kier alpha value is -3.08. The van der Waals surface area contributed by atoms with Gasteiger partial charge in [0.2, 0.25) is 5.78 Å². The predicted molar refractivity (Wildman–Crippen MR) is 107 cm³/mol. The van der Waals surface area contributed by atoms with Crippen molar-refractivity contribution in [2.75, 3.05) is 7.11 Å². The average Bonchev–Trinajstić information content (AvgIpc) is 2.95.